The molecule has 0 saturated carbocycles. The summed E-state index contributed by atoms with van der Waals surface area (Å²) in [6.45, 7) is 5.10. The van der Waals surface area contributed by atoms with E-state index in [1.54, 1.807) is 6.07 Å². The van der Waals surface area contributed by atoms with E-state index in [1.807, 2.05) is 0 Å². The van der Waals surface area contributed by atoms with E-state index < -0.39 is 0 Å². The van der Waals surface area contributed by atoms with Gasteiger partial charge in [0.25, 0.3) is 0 Å². The molecule has 0 aromatic carbocycles. The van der Waals surface area contributed by atoms with Crippen molar-refractivity contribution in [3.63, 3.8) is 0 Å². The fraction of sp³-hybridized carbons (Fsp3) is 0.667. The molecule has 0 aliphatic rings. The van der Waals surface area contributed by atoms with Crippen molar-refractivity contribution in [3.05, 3.63) is 17.0 Å². The Labute approximate surface area is 108 Å². The van der Waals surface area contributed by atoms with Crippen LogP contribution in [0, 0.1) is 0 Å². The Balaban J connectivity index is 2.64. The lowest BCUT2D eigenvalue weighted by molar-refractivity contribution is 0.326. The van der Waals surface area contributed by atoms with Gasteiger partial charge in [-0.25, -0.2) is 9.97 Å². The highest BCUT2D eigenvalue weighted by molar-refractivity contribution is 6.29. The standard InChI is InChI=1S/C12H21ClN4/c1-5-6-11-15-10(13)7-12(16-11)14-8-9(2)17(3)4/h7,9H,5-6,8H2,1-4H3,(H,14,15,16). The van der Waals surface area contributed by atoms with Crippen molar-refractivity contribution in [2.24, 2.45) is 0 Å². The molecular formula is C12H21ClN4. The molecule has 0 saturated heterocycles. The lowest BCUT2D eigenvalue weighted by atomic mass is 10.3. The summed E-state index contributed by atoms with van der Waals surface area (Å²) in [5.74, 6) is 1.61. The van der Waals surface area contributed by atoms with E-state index >= 15 is 0 Å². The summed E-state index contributed by atoms with van der Waals surface area (Å²) < 4.78 is 0. The van der Waals surface area contributed by atoms with Crippen molar-refractivity contribution >= 4 is 17.4 Å². The summed E-state index contributed by atoms with van der Waals surface area (Å²) in [5.41, 5.74) is 0. The number of anilines is 1. The predicted octanol–water partition coefficient (Wildman–Crippen LogP) is 2.44. The van der Waals surface area contributed by atoms with E-state index in [4.69, 9.17) is 11.6 Å². The maximum absolute atomic E-state index is 5.96. The third-order valence-electron chi connectivity index (χ3n) is 2.67. The van der Waals surface area contributed by atoms with Gasteiger partial charge in [-0.2, -0.15) is 0 Å². The van der Waals surface area contributed by atoms with E-state index in [9.17, 15) is 0 Å². The first-order chi connectivity index (χ1) is 8.02. The second-order valence-electron chi connectivity index (χ2n) is 4.44. The monoisotopic (exact) mass is 256 g/mol. The number of nitrogens with zero attached hydrogens (tertiary/aromatic N) is 3. The maximum atomic E-state index is 5.96. The first kappa shape index (κ1) is 14.2. The molecule has 5 heteroatoms. The largest absolute Gasteiger partial charge is 0.368 e. The Bertz CT molecular complexity index is 354. The van der Waals surface area contributed by atoms with Crippen LogP contribution in [0.4, 0.5) is 5.82 Å². The van der Waals surface area contributed by atoms with Crippen molar-refractivity contribution in [1.29, 1.82) is 0 Å². The summed E-state index contributed by atoms with van der Waals surface area (Å²) in [5, 5.41) is 3.79. The van der Waals surface area contributed by atoms with E-state index in [0.717, 1.165) is 31.0 Å². The highest BCUT2D eigenvalue weighted by atomic mass is 35.5. The number of nitrogens with one attached hydrogen (secondary N) is 1. The summed E-state index contributed by atoms with van der Waals surface area (Å²) in [4.78, 5) is 10.8. The SMILES string of the molecule is CCCc1nc(Cl)cc(NCC(C)N(C)C)n1. The molecule has 17 heavy (non-hydrogen) atoms. The zero-order chi connectivity index (χ0) is 12.8. The fourth-order valence-corrected chi connectivity index (χ4v) is 1.53. The molecule has 1 atom stereocenters. The summed E-state index contributed by atoms with van der Waals surface area (Å²) in [6.07, 6.45) is 1.88. The molecule has 0 radical (unpaired) electrons. The number of hydrogen-bond donors (Lipinski definition) is 1. The highest BCUT2D eigenvalue weighted by Crippen LogP contribution is 2.12. The molecule has 1 heterocycles. The number of aromatic nitrogens is 2. The minimum Gasteiger partial charge on any atom is -0.368 e. The number of hydrogen-bond acceptors (Lipinski definition) is 4. The average Bonchev–Trinajstić information content (AvgIpc) is 2.25. The molecule has 1 aromatic heterocycles. The smallest absolute Gasteiger partial charge is 0.134 e. The van der Waals surface area contributed by atoms with Crippen molar-refractivity contribution in [3.8, 4) is 0 Å². The number of rotatable bonds is 6. The Morgan fingerprint density at radius 2 is 2.12 bits per heavy atom. The number of aryl methyl sites for hydroxylation is 1. The minimum atomic E-state index is 0.443. The molecule has 0 amide bonds. The van der Waals surface area contributed by atoms with E-state index in [2.05, 4.69) is 48.1 Å². The molecule has 1 aromatic rings. The van der Waals surface area contributed by atoms with Gasteiger partial charge in [0, 0.05) is 25.1 Å². The van der Waals surface area contributed by atoms with Crippen LogP contribution in [0.5, 0.6) is 0 Å². The van der Waals surface area contributed by atoms with Crippen LogP contribution in [0.3, 0.4) is 0 Å². The van der Waals surface area contributed by atoms with Crippen molar-refractivity contribution in [2.75, 3.05) is 26.0 Å². The summed E-state index contributed by atoms with van der Waals surface area (Å²) in [6, 6.07) is 2.21. The first-order valence-electron chi connectivity index (χ1n) is 5.96. The van der Waals surface area contributed by atoms with E-state index in [0.29, 0.717) is 11.2 Å². The van der Waals surface area contributed by atoms with Crippen LogP contribution in [-0.4, -0.2) is 41.5 Å². The van der Waals surface area contributed by atoms with Gasteiger partial charge in [0.15, 0.2) is 0 Å². The van der Waals surface area contributed by atoms with Crippen molar-refractivity contribution < 1.29 is 0 Å². The second kappa shape index (κ2) is 6.77. The zero-order valence-corrected chi connectivity index (χ0v) is 11.8. The van der Waals surface area contributed by atoms with Crippen LogP contribution in [0.1, 0.15) is 26.1 Å². The van der Waals surface area contributed by atoms with E-state index in [1.165, 1.54) is 0 Å². The molecule has 0 spiro atoms. The molecule has 0 aliphatic heterocycles. The predicted molar refractivity (Wildman–Crippen MR) is 72.7 cm³/mol. The van der Waals surface area contributed by atoms with Gasteiger partial charge in [-0.1, -0.05) is 18.5 Å². The Kier molecular flexibility index (Phi) is 5.65. The molecule has 96 valence electrons. The molecular weight excluding hydrogens is 236 g/mol. The molecule has 1 rings (SSSR count). The Morgan fingerprint density at radius 1 is 1.41 bits per heavy atom. The number of halogens is 1. The van der Waals surface area contributed by atoms with E-state index in [-0.39, 0.29) is 0 Å². The van der Waals surface area contributed by atoms with Crippen LogP contribution in [0.2, 0.25) is 5.15 Å². The quantitative estimate of drug-likeness (QED) is 0.794. The van der Waals surface area contributed by atoms with Crippen LogP contribution < -0.4 is 5.32 Å². The molecule has 0 aliphatic carbocycles. The number of likely N-dealkylation sites (N-methyl/N-ethyl adjacent to an activating group) is 1. The molecule has 4 nitrogen and oxygen atoms in total. The second-order valence-corrected chi connectivity index (χ2v) is 4.82. The van der Waals surface area contributed by atoms with Gasteiger partial charge in [-0.05, 0) is 27.4 Å². The third kappa shape index (κ3) is 4.88. The van der Waals surface area contributed by atoms with Gasteiger partial charge in [-0.3, -0.25) is 0 Å². The lowest BCUT2D eigenvalue weighted by Gasteiger charge is -2.20. The van der Waals surface area contributed by atoms with Gasteiger partial charge < -0.3 is 10.2 Å². The van der Waals surface area contributed by atoms with Gasteiger partial charge in [0.05, 0.1) is 0 Å². The fourth-order valence-electron chi connectivity index (χ4n) is 1.33. The molecule has 0 fully saturated rings. The molecule has 1 N–H and O–H groups in total. The van der Waals surface area contributed by atoms with Crippen LogP contribution >= 0.6 is 11.6 Å². The lowest BCUT2D eigenvalue weighted by Crippen LogP contribution is -2.31. The summed E-state index contributed by atoms with van der Waals surface area (Å²) >= 11 is 5.96. The van der Waals surface area contributed by atoms with Gasteiger partial charge in [0.1, 0.15) is 16.8 Å². The first-order valence-corrected chi connectivity index (χ1v) is 6.34. The zero-order valence-electron chi connectivity index (χ0n) is 11.0. The topological polar surface area (TPSA) is 41.1 Å². The molecule has 0 bridgehead atoms. The van der Waals surface area contributed by atoms with Crippen molar-refractivity contribution in [1.82, 2.24) is 14.9 Å². The Morgan fingerprint density at radius 3 is 2.71 bits per heavy atom. The summed E-state index contributed by atoms with van der Waals surface area (Å²) in [7, 11) is 4.11. The van der Waals surface area contributed by atoms with Gasteiger partial charge in [0.2, 0.25) is 0 Å². The van der Waals surface area contributed by atoms with Crippen LogP contribution in [0.15, 0.2) is 6.07 Å². The van der Waals surface area contributed by atoms with Crippen LogP contribution in [0.25, 0.3) is 0 Å². The highest BCUT2D eigenvalue weighted by Gasteiger charge is 2.06. The normalized spacial score (nSPS) is 12.8. The Hall–Kier alpha value is -0.870. The van der Waals surface area contributed by atoms with Gasteiger partial charge in [-0.15, -0.1) is 0 Å². The molecule has 1 unspecified atom stereocenters. The third-order valence-corrected chi connectivity index (χ3v) is 2.87. The maximum Gasteiger partial charge on any atom is 0.134 e. The average molecular weight is 257 g/mol. The van der Waals surface area contributed by atoms with Crippen LogP contribution in [-0.2, 0) is 6.42 Å². The minimum absolute atomic E-state index is 0.443. The van der Waals surface area contributed by atoms with Gasteiger partial charge >= 0.3 is 0 Å². The van der Waals surface area contributed by atoms with Crippen molar-refractivity contribution in [2.45, 2.75) is 32.7 Å².